The average molecular weight is 435 g/mol. The third kappa shape index (κ3) is 3.38. The molecule has 1 aliphatic heterocycles. The van der Waals surface area contributed by atoms with Gasteiger partial charge in [-0.1, -0.05) is 12.1 Å². The molecule has 7 rings (SSSR count). The van der Waals surface area contributed by atoms with Gasteiger partial charge in [-0.15, -0.1) is 0 Å². The maximum atomic E-state index is 13.4. The number of hydrogen-bond donors (Lipinski definition) is 1. The molecule has 0 radical (unpaired) electrons. The van der Waals surface area contributed by atoms with Crippen LogP contribution in [-0.2, 0) is 4.79 Å². The van der Waals surface area contributed by atoms with Crippen molar-refractivity contribution in [1.82, 2.24) is 14.5 Å². The number of Topliss-reactive ketones (excluding diaryl/α,β-unsaturated/α-hetero) is 1. The van der Waals surface area contributed by atoms with E-state index in [9.17, 15) is 9.59 Å². The van der Waals surface area contributed by atoms with Gasteiger partial charge in [0.1, 0.15) is 5.78 Å². The molecule has 0 amide bonds. The van der Waals surface area contributed by atoms with Crippen LogP contribution >= 0.6 is 0 Å². The summed E-state index contributed by atoms with van der Waals surface area (Å²) in [5.41, 5.74) is 2.05. The van der Waals surface area contributed by atoms with E-state index in [0.29, 0.717) is 11.4 Å². The van der Waals surface area contributed by atoms with Crippen molar-refractivity contribution in [3.8, 4) is 0 Å². The van der Waals surface area contributed by atoms with E-state index in [4.69, 9.17) is 0 Å². The topological polar surface area (TPSA) is 67.2 Å². The van der Waals surface area contributed by atoms with Gasteiger partial charge >= 0.3 is 0 Å². The van der Waals surface area contributed by atoms with Gasteiger partial charge in [-0.05, 0) is 88.2 Å². The van der Waals surface area contributed by atoms with E-state index in [1.165, 1.54) is 45.4 Å². The van der Waals surface area contributed by atoms with Crippen LogP contribution in [-0.4, -0.2) is 45.4 Å². The fraction of sp³-hybridized carbons (Fsp3) is 0.654. The lowest BCUT2D eigenvalue weighted by Crippen LogP contribution is -2.61. The Hall–Kier alpha value is -2.21. The van der Waals surface area contributed by atoms with Crippen LogP contribution in [0.4, 0.5) is 5.82 Å². The maximum absolute atomic E-state index is 13.4. The Bertz CT molecular complexity index is 1060. The molecule has 6 nitrogen and oxygen atoms in total. The molecule has 2 heterocycles. The van der Waals surface area contributed by atoms with Crippen LogP contribution in [0.15, 0.2) is 29.1 Å². The van der Waals surface area contributed by atoms with E-state index in [1.807, 2.05) is 28.8 Å². The van der Waals surface area contributed by atoms with Crippen LogP contribution < -0.4 is 10.9 Å². The highest BCUT2D eigenvalue weighted by molar-refractivity contribution is 5.81. The van der Waals surface area contributed by atoms with Crippen LogP contribution in [0.3, 0.4) is 0 Å². The Labute approximate surface area is 189 Å². The molecule has 1 N–H and O–H groups in total. The minimum atomic E-state index is -0.0989. The third-order valence-corrected chi connectivity index (χ3v) is 8.81. The van der Waals surface area contributed by atoms with Gasteiger partial charge in [-0.25, -0.2) is 4.98 Å². The lowest BCUT2D eigenvalue weighted by Gasteiger charge is -2.61. The minimum Gasteiger partial charge on any atom is -0.358 e. The first-order chi connectivity index (χ1) is 15.5. The predicted molar refractivity (Wildman–Crippen MR) is 126 cm³/mol. The Morgan fingerprint density at radius 1 is 1.06 bits per heavy atom. The van der Waals surface area contributed by atoms with Gasteiger partial charge in [0.2, 0.25) is 0 Å². The van der Waals surface area contributed by atoms with Crippen LogP contribution in [0.2, 0.25) is 0 Å². The molecule has 32 heavy (non-hydrogen) atoms. The number of rotatable bonds is 5. The van der Waals surface area contributed by atoms with Gasteiger partial charge < -0.3 is 9.88 Å². The number of aromatic nitrogens is 2. The van der Waals surface area contributed by atoms with Gasteiger partial charge in [0.05, 0.1) is 17.6 Å². The summed E-state index contributed by atoms with van der Waals surface area (Å²) in [6, 6.07) is 8.07. The molecule has 5 aliphatic rings. The number of anilines is 1. The monoisotopic (exact) mass is 434 g/mol. The second kappa shape index (κ2) is 7.68. The number of nitrogens with one attached hydrogen (secondary N) is 1. The summed E-state index contributed by atoms with van der Waals surface area (Å²) in [4.78, 5) is 32.2. The molecular weight excluding hydrogens is 400 g/mol. The summed E-state index contributed by atoms with van der Waals surface area (Å²) in [7, 11) is 0. The molecule has 0 spiro atoms. The summed E-state index contributed by atoms with van der Waals surface area (Å²) in [6.45, 7) is 3.81. The molecule has 1 aromatic heterocycles. The van der Waals surface area contributed by atoms with Crippen molar-refractivity contribution in [2.45, 2.75) is 69.9 Å². The quantitative estimate of drug-likeness (QED) is 0.770. The number of piperidine rings is 1. The molecular formula is C26H34N4O2. The summed E-state index contributed by atoms with van der Waals surface area (Å²) >= 11 is 0. The number of nitrogens with zero attached hydrogens (tertiary/aromatic N) is 3. The molecule has 170 valence electrons. The van der Waals surface area contributed by atoms with Crippen molar-refractivity contribution in [2.75, 3.05) is 25.0 Å². The Kier molecular flexibility index (Phi) is 4.90. The number of benzene rings is 1. The highest BCUT2D eigenvalue weighted by Crippen LogP contribution is 2.58. The summed E-state index contributed by atoms with van der Waals surface area (Å²) in [5, 5.41) is 2.98. The standard InChI is InChI=1S/C26H34N4O2/c1-17(31)16-27-24-25(32)30(23-5-3-2-4-22(23)28-24)21-6-8-29(9-7-21)26-13-18-10-19(14-26)12-20(11-18)15-26/h2-5,18-21H,6-16H2,1H3,(H,27,28). The molecule has 2 aromatic rings. The molecule has 5 fully saturated rings. The molecule has 4 saturated carbocycles. The summed E-state index contributed by atoms with van der Waals surface area (Å²) < 4.78 is 1.96. The van der Waals surface area contributed by atoms with Gasteiger partial charge in [0, 0.05) is 24.7 Å². The van der Waals surface area contributed by atoms with Crippen molar-refractivity contribution in [1.29, 1.82) is 0 Å². The van der Waals surface area contributed by atoms with Crippen LogP contribution in [0.5, 0.6) is 0 Å². The number of para-hydroxylation sites is 2. The van der Waals surface area contributed by atoms with Crippen molar-refractivity contribution in [3.05, 3.63) is 34.6 Å². The number of ketones is 1. The zero-order valence-corrected chi connectivity index (χ0v) is 19.1. The zero-order valence-electron chi connectivity index (χ0n) is 19.1. The molecule has 1 saturated heterocycles. The molecule has 0 atom stereocenters. The number of hydrogen-bond acceptors (Lipinski definition) is 5. The molecule has 4 bridgehead atoms. The van der Waals surface area contributed by atoms with E-state index in [2.05, 4.69) is 15.2 Å². The fourth-order valence-electron chi connectivity index (χ4n) is 7.89. The number of carbonyl (C=O) groups excluding carboxylic acids is 1. The highest BCUT2D eigenvalue weighted by atomic mass is 16.1. The normalized spacial score (nSPS) is 32.5. The first-order valence-electron chi connectivity index (χ1n) is 12.5. The lowest BCUT2D eigenvalue weighted by molar-refractivity contribution is -0.115. The molecule has 0 unspecified atom stereocenters. The van der Waals surface area contributed by atoms with E-state index >= 15 is 0 Å². The Morgan fingerprint density at radius 2 is 1.69 bits per heavy atom. The van der Waals surface area contributed by atoms with E-state index in [-0.39, 0.29) is 23.9 Å². The van der Waals surface area contributed by atoms with Crippen LogP contribution in [0.25, 0.3) is 11.0 Å². The highest BCUT2D eigenvalue weighted by Gasteiger charge is 2.53. The number of fused-ring (bicyclic) bond motifs is 1. The molecule has 6 heteroatoms. The number of likely N-dealkylation sites (tertiary alicyclic amines) is 1. The predicted octanol–water partition coefficient (Wildman–Crippen LogP) is 4.00. The van der Waals surface area contributed by atoms with E-state index in [0.717, 1.165) is 54.7 Å². The van der Waals surface area contributed by atoms with Crippen LogP contribution in [0, 0.1) is 17.8 Å². The third-order valence-electron chi connectivity index (χ3n) is 8.81. The summed E-state index contributed by atoms with van der Waals surface area (Å²) in [6.07, 6.45) is 10.6. The molecule has 4 aliphatic carbocycles. The second-order valence-corrected chi connectivity index (χ2v) is 11.0. The first-order valence-corrected chi connectivity index (χ1v) is 12.5. The smallest absolute Gasteiger partial charge is 0.294 e. The lowest BCUT2D eigenvalue weighted by atomic mass is 9.52. The van der Waals surface area contributed by atoms with Crippen molar-refractivity contribution in [3.63, 3.8) is 0 Å². The fourth-order valence-corrected chi connectivity index (χ4v) is 7.89. The van der Waals surface area contributed by atoms with Gasteiger partial charge in [-0.3, -0.25) is 14.5 Å². The van der Waals surface area contributed by atoms with E-state index in [1.54, 1.807) is 0 Å². The Balaban J connectivity index is 1.27. The SMILES string of the molecule is CC(=O)CNc1nc2ccccc2n(C2CCN(C34CC5CC(CC(C5)C3)C4)CC2)c1=O. The zero-order chi connectivity index (χ0) is 21.9. The van der Waals surface area contributed by atoms with Crippen molar-refractivity contribution < 1.29 is 4.79 Å². The molecule has 1 aromatic carbocycles. The maximum Gasteiger partial charge on any atom is 0.294 e. The Morgan fingerprint density at radius 3 is 2.31 bits per heavy atom. The number of carbonyl (C=O) groups is 1. The first kappa shape index (κ1) is 20.4. The summed E-state index contributed by atoms with van der Waals surface area (Å²) in [5.74, 6) is 3.17. The average Bonchev–Trinajstić information content (AvgIpc) is 2.77. The van der Waals surface area contributed by atoms with Gasteiger partial charge in [0.15, 0.2) is 5.82 Å². The van der Waals surface area contributed by atoms with Gasteiger partial charge in [-0.2, -0.15) is 0 Å². The van der Waals surface area contributed by atoms with Crippen LogP contribution in [0.1, 0.15) is 64.3 Å². The van der Waals surface area contributed by atoms with Crippen molar-refractivity contribution in [2.24, 2.45) is 17.8 Å². The largest absolute Gasteiger partial charge is 0.358 e. The minimum absolute atomic E-state index is 0.00482. The van der Waals surface area contributed by atoms with Gasteiger partial charge in [0.25, 0.3) is 5.56 Å². The van der Waals surface area contributed by atoms with E-state index < -0.39 is 0 Å². The van der Waals surface area contributed by atoms with Crippen molar-refractivity contribution >= 4 is 22.6 Å². The second-order valence-electron chi connectivity index (χ2n) is 11.0.